The SMILES string of the molecule is C=CCn1c(=NC(=O)CSCC(=O)N2CCCC[C@H]2C)sc2ccccc21. The molecule has 0 unspecified atom stereocenters. The molecule has 1 atom stereocenters. The molecule has 1 aliphatic heterocycles. The highest BCUT2D eigenvalue weighted by Gasteiger charge is 2.22. The predicted molar refractivity (Wildman–Crippen MR) is 113 cm³/mol. The van der Waals surface area contributed by atoms with Crippen molar-refractivity contribution in [2.75, 3.05) is 18.1 Å². The number of thioether (sulfide) groups is 1. The molecule has 0 radical (unpaired) electrons. The number of nitrogens with zero attached hydrogens (tertiary/aromatic N) is 3. The first-order valence-corrected chi connectivity index (χ1v) is 11.2. The number of amides is 2. The molecule has 0 bridgehead atoms. The minimum Gasteiger partial charge on any atom is -0.339 e. The Hall–Kier alpha value is -1.86. The molecular weight excluding hydrogens is 378 g/mol. The van der Waals surface area contributed by atoms with Crippen LogP contribution in [0.5, 0.6) is 0 Å². The van der Waals surface area contributed by atoms with Crippen molar-refractivity contribution < 1.29 is 9.59 Å². The number of allylic oxidation sites excluding steroid dienone is 1. The molecule has 3 rings (SSSR count). The van der Waals surface area contributed by atoms with Crippen LogP contribution < -0.4 is 4.80 Å². The molecule has 7 heteroatoms. The highest BCUT2D eigenvalue weighted by Crippen LogP contribution is 2.18. The maximum absolute atomic E-state index is 12.4. The molecule has 1 aromatic heterocycles. The number of carbonyl (C=O) groups is 2. The van der Waals surface area contributed by atoms with Gasteiger partial charge in [0, 0.05) is 19.1 Å². The van der Waals surface area contributed by atoms with Gasteiger partial charge in [-0.3, -0.25) is 9.59 Å². The summed E-state index contributed by atoms with van der Waals surface area (Å²) in [6.07, 6.45) is 5.13. The Kier molecular flexibility index (Phi) is 6.90. The summed E-state index contributed by atoms with van der Waals surface area (Å²) in [7, 11) is 0. The summed E-state index contributed by atoms with van der Waals surface area (Å²) in [6.45, 7) is 7.33. The van der Waals surface area contributed by atoms with Gasteiger partial charge in [-0.2, -0.15) is 4.99 Å². The molecular formula is C20H25N3O2S2. The average Bonchev–Trinajstić information content (AvgIpc) is 2.99. The van der Waals surface area contributed by atoms with Gasteiger partial charge in [0.2, 0.25) is 5.91 Å². The van der Waals surface area contributed by atoms with Crippen LogP contribution in [0.25, 0.3) is 10.2 Å². The lowest BCUT2D eigenvalue weighted by atomic mass is 10.0. The number of para-hydroxylation sites is 1. The smallest absolute Gasteiger partial charge is 0.258 e. The van der Waals surface area contributed by atoms with E-state index in [1.807, 2.05) is 33.7 Å². The molecule has 0 aliphatic carbocycles. The van der Waals surface area contributed by atoms with Crippen molar-refractivity contribution in [2.45, 2.75) is 38.8 Å². The zero-order valence-electron chi connectivity index (χ0n) is 15.6. The number of carbonyl (C=O) groups excluding carboxylic acids is 2. The van der Waals surface area contributed by atoms with Gasteiger partial charge in [0.15, 0.2) is 4.80 Å². The Morgan fingerprint density at radius 3 is 2.93 bits per heavy atom. The van der Waals surface area contributed by atoms with Crippen LogP contribution in [-0.2, 0) is 16.1 Å². The van der Waals surface area contributed by atoms with E-state index in [0.29, 0.717) is 23.1 Å². The summed E-state index contributed by atoms with van der Waals surface area (Å²) < 4.78 is 3.09. The lowest BCUT2D eigenvalue weighted by molar-refractivity contribution is -0.131. The van der Waals surface area contributed by atoms with Crippen LogP contribution in [0.4, 0.5) is 0 Å². The number of rotatable bonds is 6. The molecule has 1 fully saturated rings. The zero-order chi connectivity index (χ0) is 19.2. The third-order valence-corrected chi connectivity index (χ3v) is 6.66. The molecule has 0 spiro atoms. The van der Waals surface area contributed by atoms with Crippen LogP contribution in [0.2, 0.25) is 0 Å². The highest BCUT2D eigenvalue weighted by atomic mass is 32.2. The molecule has 5 nitrogen and oxygen atoms in total. The topological polar surface area (TPSA) is 54.7 Å². The van der Waals surface area contributed by atoms with E-state index in [1.165, 1.54) is 29.5 Å². The molecule has 2 amide bonds. The number of hydrogen-bond donors (Lipinski definition) is 0. The minimum atomic E-state index is -0.205. The summed E-state index contributed by atoms with van der Waals surface area (Å²) in [5, 5.41) is 0. The van der Waals surface area contributed by atoms with Crippen LogP contribution >= 0.6 is 23.1 Å². The number of hydrogen-bond acceptors (Lipinski definition) is 4. The van der Waals surface area contributed by atoms with Gasteiger partial charge in [-0.1, -0.05) is 29.5 Å². The third kappa shape index (κ3) is 4.90. The molecule has 1 aliphatic rings. The van der Waals surface area contributed by atoms with Crippen LogP contribution in [0.1, 0.15) is 26.2 Å². The van der Waals surface area contributed by atoms with Gasteiger partial charge in [-0.25, -0.2) is 0 Å². The number of thiazole rings is 1. The maximum atomic E-state index is 12.4. The number of aromatic nitrogens is 1. The normalized spacial score (nSPS) is 18.0. The fourth-order valence-corrected chi connectivity index (χ4v) is 5.07. The van der Waals surface area contributed by atoms with E-state index < -0.39 is 0 Å². The van der Waals surface area contributed by atoms with Crippen molar-refractivity contribution in [3.8, 4) is 0 Å². The lowest BCUT2D eigenvalue weighted by Crippen LogP contribution is -2.43. The molecule has 1 aromatic carbocycles. The van der Waals surface area contributed by atoms with Crippen molar-refractivity contribution >= 4 is 45.1 Å². The van der Waals surface area contributed by atoms with E-state index in [0.717, 1.165) is 29.6 Å². The molecule has 0 saturated carbocycles. The Labute approximate surface area is 167 Å². The van der Waals surface area contributed by atoms with Crippen molar-refractivity contribution in [2.24, 2.45) is 4.99 Å². The van der Waals surface area contributed by atoms with E-state index in [2.05, 4.69) is 18.5 Å². The second kappa shape index (κ2) is 9.37. The van der Waals surface area contributed by atoms with E-state index in [9.17, 15) is 9.59 Å². The standard InChI is InChI=1S/C20H25N3O2S2/c1-3-11-23-16-9-4-5-10-17(16)27-20(23)21-18(24)13-26-14-19(25)22-12-7-6-8-15(22)2/h3-5,9-10,15H,1,6-8,11-14H2,2H3/t15-/m1/s1. The van der Waals surface area contributed by atoms with E-state index in [-0.39, 0.29) is 17.6 Å². The molecule has 2 aromatic rings. The predicted octanol–water partition coefficient (Wildman–Crippen LogP) is 3.45. The fraction of sp³-hybridized carbons (Fsp3) is 0.450. The summed E-state index contributed by atoms with van der Waals surface area (Å²) in [5.41, 5.74) is 1.05. The molecule has 144 valence electrons. The summed E-state index contributed by atoms with van der Waals surface area (Å²) in [6, 6.07) is 8.31. The van der Waals surface area contributed by atoms with Crippen LogP contribution in [-0.4, -0.2) is 45.4 Å². The summed E-state index contributed by atoms with van der Waals surface area (Å²) in [4.78, 5) is 31.6. The van der Waals surface area contributed by atoms with Gasteiger partial charge in [0.05, 0.1) is 21.7 Å². The van der Waals surface area contributed by atoms with Crippen LogP contribution in [0, 0.1) is 0 Å². The van der Waals surface area contributed by atoms with Gasteiger partial charge in [-0.15, -0.1) is 18.3 Å². The van der Waals surface area contributed by atoms with E-state index >= 15 is 0 Å². The average molecular weight is 404 g/mol. The number of piperidine rings is 1. The van der Waals surface area contributed by atoms with Crippen molar-refractivity contribution in [1.82, 2.24) is 9.47 Å². The van der Waals surface area contributed by atoms with Crippen LogP contribution in [0.15, 0.2) is 41.9 Å². The van der Waals surface area contributed by atoms with E-state index in [1.54, 1.807) is 6.08 Å². The molecule has 0 N–H and O–H groups in total. The number of likely N-dealkylation sites (tertiary alicyclic amines) is 1. The quantitative estimate of drug-likeness (QED) is 0.694. The van der Waals surface area contributed by atoms with Crippen molar-refractivity contribution in [3.63, 3.8) is 0 Å². The first-order valence-electron chi connectivity index (χ1n) is 9.24. The van der Waals surface area contributed by atoms with Gasteiger partial charge < -0.3 is 9.47 Å². The number of fused-ring (bicyclic) bond motifs is 1. The minimum absolute atomic E-state index is 0.128. The molecule has 27 heavy (non-hydrogen) atoms. The Morgan fingerprint density at radius 1 is 1.33 bits per heavy atom. The maximum Gasteiger partial charge on any atom is 0.258 e. The first-order chi connectivity index (χ1) is 13.1. The number of benzene rings is 1. The van der Waals surface area contributed by atoms with Gasteiger partial charge >= 0.3 is 0 Å². The monoisotopic (exact) mass is 403 g/mol. The Bertz CT molecular complexity index is 900. The van der Waals surface area contributed by atoms with Crippen molar-refractivity contribution in [3.05, 3.63) is 41.7 Å². The fourth-order valence-electron chi connectivity index (χ4n) is 3.33. The Morgan fingerprint density at radius 2 is 2.15 bits per heavy atom. The second-order valence-electron chi connectivity index (χ2n) is 6.68. The third-order valence-electron chi connectivity index (χ3n) is 4.69. The van der Waals surface area contributed by atoms with Crippen LogP contribution in [0.3, 0.4) is 0 Å². The summed E-state index contributed by atoms with van der Waals surface area (Å²) in [5.74, 6) is 0.480. The first kappa shape index (κ1) is 19.9. The highest BCUT2D eigenvalue weighted by molar-refractivity contribution is 8.00. The van der Waals surface area contributed by atoms with E-state index in [4.69, 9.17) is 0 Å². The Balaban J connectivity index is 1.63. The van der Waals surface area contributed by atoms with Gasteiger partial charge in [-0.05, 0) is 38.3 Å². The summed E-state index contributed by atoms with van der Waals surface area (Å²) >= 11 is 2.85. The largest absolute Gasteiger partial charge is 0.339 e. The second-order valence-corrected chi connectivity index (χ2v) is 8.68. The van der Waals surface area contributed by atoms with Gasteiger partial charge in [0.1, 0.15) is 0 Å². The lowest BCUT2D eigenvalue weighted by Gasteiger charge is -2.33. The zero-order valence-corrected chi connectivity index (χ0v) is 17.2. The molecule has 1 saturated heterocycles. The van der Waals surface area contributed by atoms with Crippen molar-refractivity contribution in [1.29, 1.82) is 0 Å². The van der Waals surface area contributed by atoms with Gasteiger partial charge in [0.25, 0.3) is 5.91 Å². The molecule has 2 heterocycles.